The van der Waals surface area contributed by atoms with Gasteiger partial charge in [-0.25, -0.2) is 9.97 Å². The third-order valence-corrected chi connectivity index (χ3v) is 3.01. The topological polar surface area (TPSA) is 30.2 Å². The highest BCUT2D eigenvalue weighted by molar-refractivity contribution is 6.31. The molecule has 0 spiro atoms. The molecule has 16 heavy (non-hydrogen) atoms. The van der Waals surface area contributed by atoms with E-state index in [0.717, 1.165) is 27.9 Å². The molecule has 0 N–H and O–H groups in total. The molecule has 0 aliphatic carbocycles. The lowest BCUT2D eigenvalue weighted by atomic mass is 10.2. The highest BCUT2D eigenvalue weighted by Crippen LogP contribution is 2.22. The smallest absolute Gasteiger partial charge is 0.100 e. The van der Waals surface area contributed by atoms with Gasteiger partial charge in [-0.1, -0.05) is 11.6 Å². The van der Waals surface area contributed by atoms with Crippen LogP contribution in [0.4, 0.5) is 0 Å². The Morgan fingerprint density at radius 1 is 1.19 bits per heavy atom. The molecule has 3 aromatic rings. The summed E-state index contributed by atoms with van der Waals surface area (Å²) >= 11 is 6.00. The number of benzene rings is 1. The second kappa shape index (κ2) is 3.19. The first kappa shape index (κ1) is 9.60. The zero-order chi connectivity index (χ0) is 11.3. The molecular weight excluding hydrogens is 222 g/mol. The number of hydrogen-bond donors (Lipinski definition) is 0. The van der Waals surface area contributed by atoms with E-state index in [1.165, 1.54) is 0 Å². The van der Waals surface area contributed by atoms with Gasteiger partial charge in [-0.2, -0.15) is 0 Å². The normalized spacial score (nSPS) is 11.4. The highest BCUT2D eigenvalue weighted by Gasteiger charge is 2.08. The van der Waals surface area contributed by atoms with E-state index in [4.69, 9.17) is 11.6 Å². The number of nitrogens with zero attached hydrogens (tertiary/aromatic N) is 3. The summed E-state index contributed by atoms with van der Waals surface area (Å²) < 4.78 is 2.04. The molecule has 3 rings (SSSR count). The molecule has 2 heterocycles. The Morgan fingerprint density at radius 3 is 2.81 bits per heavy atom. The van der Waals surface area contributed by atoms with Crippen LogP contribution in [0.3, 0.4) is 0 Å². The predicted octanol–water partition coefficient (Wildman–Crippen LogP) is 3.15. The zero-order valence-electron chi connectivity index (χ0n) is 9.03. The van der Waals surface area contributed by atoms with Gasteiger partial charge in [0, 0.05) is 5.02 Å². The molecule has 0 saturated heterocycles. The Balaban J connectivity index is 2.61. The van der Waals surface area contributed by atoms with Crippen LogP contribution in [-0.4, -0.2) is 14.4 Å². The van der Waals surface area contributed by atoms with Gasteiger partial charge in [0.25, 0.3) is 0 Å². The number of rotatable bonds is 0. The molecule has 0 unspecified atom stereocenters. The monoisotopic (exact) mass is 231 g/mol. The fourth-order valence-corrected chi connectivity index (χ4v) is 2.24. The van der Waals surface area contributed by atoms with Crippen LogP contribution in [0.15, 0.2) is 24.5 Å². The summed E-state index contributed by atoms with van der Waals surface area (Å²) in [6, 6.07) is 5.70. The quantitative estimate of drug-likeness (QED) is 0.595. The highest BCUT2D eigenvalue weighted by atomic mass is 35.5. The van der Waals surface area contributed by atoms with Crippen molar-refractivity contribution in [2.45, 2.75) is 13.8 Å². The van der Waals surface area contributed by atoms with E-state index in [-0.39, 0.29) is 0 Å². The molecule has 0 aliphatic heterocycles. The maximum atomic E-state index is 6.00. The SMILES string of the molecule is Cc1ncn2c1c(C)nc1ccc(Cl)cc12. The molecule has 3 nitrogen and oxygen atoms in total. The van der Waals surface area contributed by atoms with Crippen molar-refractivity contribution >= 4 is 28.2 Å². The summed E-state index contributed by atoms with van der Waals surface area (Å²) in [7, 11) is 0. The number of hydrogen-bond acceptors (Lipinski definition) is 2. The third-order valence-electron chi connectivity index (χ3n) is 2.78. The number of imidazole rings is 1. The summed E-state index contributed by atoms with van der Waals surface area (Å²) in [5.74, 6) is 0. The van der Waals surface area contributed by atoms with Gasteiger partial charge in [0.1, 0.15) is 6.33 Å². The summed E-state index contributed by atoms with van der Waals surface area (Å²) in [5.41, 5.74) is 4.98. The van der Waals surface area contributed by atoms with E-state index in [1.54, 1.807) is 0 Å². The van der Waals surface area contributed by atoms with Crippen LogP contribution >= 0.6 is 11.6 Å². The Labute approximate surface area is 97.7 Å². The Morgan fingerprint density at radius 2 is 2.00 bits per heavy atom. The Bertz CT molecular complexity index is 700. The van der Waals surface area contributed by atoms with Gasteiger partial charge in [-0.15, -0.1) is 0 Å². The summed E-state index contributed by atoms with van der Waals surface area (Å²) in [6.45, 7) is 3.98. The van der Waals surface area contributed by atoms with E-state index in [1.807, 2.05) is 42.8 Å². The lowest BCUT2D eigenvalue weighted by Gasteiger charge is -2.05. The molecule has 4 heteroatoms. The molecule has 1 aromatic carbocycles. The van der Waals surface area contributed by atoms with Crippen LogP contribution in [0.25, 0.3) is 16.6 Å². The van der Waals surface area contributed by atoms with Gasteiger partial charge < -0.3 is 0 Å². The van der Waals surface area contributed by atoms with E-state index >= 15 is 0 Å². The van der Waals surface area contributed by atoms with Crippen LogP contribution < -0.4 is 0 Å². The van der Waals surface area contributed by atoms with E-state index in [0.29, 0.717) is 5.02 Å². The summed E-state index contributed by atoms with van der Waals surface area (Å²) in [6.07, 6.45) is 1.82. The van der Waals surface area contributed by atoms with Gasteiger partial charge >= 0.3 is 0 Å². The van der Waals surface area contributed by atoms with Crippen molar-refractivity contribution < 1.29 is 0 Å². The molecule has 0 fully saturated rings. The van der Waals surface area contributed by atoms with Crippen LogP contribution in [0.2, 0.25) is 5.02 Å². The van der Waals surface area contributed by atoms with E-state index < -0.39 is 0 Å². The first-order valence-electron chi connectivity index (χ1n) is 5.06. The van der Waals surface area contributed by atoms with Crippen molar-refractivity contribution in [1.29, 1.82) is 0 Å². The number of aryl methyl sites for hydroxylation is 2. The van der Waals surface area contributed by atoms with Crippen molar-refractivity contribution in [2.24, 2.45) is 0 Å². The van der Waals surface area contributed by atoms with Crippen molar-refractivity contribution in [2.75, 3.05) is 0 Å². The van der Waals surface area contributed by atoms with Crippen molar-refractivity contribution in [3.05, 3.63) is 40.9 Å². The summed E-state index contributed by atoms with van der Waals surface area (Å²) in [4.78, 5) is 8.87. The summed E-state index contributed by atoms with van der Waals surface area (Å²) in [5, 5.41) is 0.714. The standard InChI is InChI=1S/C12H10ClN3/c1-7-12-8(2)15-10-4-3-9(13)5-11(10)16(12)6-14-7/h3-6H,1-2H3. The first-order valence-corrected chi connectivity index (χ1v) is 5.44. The molecule has 80 valence electrons. The fraction of sp³-hybridized carbons (Fsp3) is 0.167. The second-order valence-electron chi connectivity index (χ2n) is 3.88. The van der Waals surface area contributed by atoms with Gasteiger partial charge in [-0.05, 0) is 32.0 Å². The van der Waals surface area contributed by atoms with Gasteiger partial charge in [0.2, 0.25) is 0 Å². The second-order valence-corrected chi connectivity index (χ2v) is 4.32. The van der Waals surface area contributed by atoms with E-state index in [2.05, 4.69) is 9.97 Å². The number of aromatic nitrogens is 3. The zero-order valence-corrected chi connectivity index (χ0v) is 9.78. The third kappa shape index (κ3) is 1.21. The minimum Gasteiger partial charge on any atom is -0.295 e. The molecule has 0 saturated carbocycles. The molecule has 2 aromatic heterocycles. The van der Waals surface area contributed by atoms with Crippen LogP contribution in [0, 0.1) is 13.8 Å². The maximum absolute atomic E-state index is 6.00. The molecule has 0 radical (unpaired) electrons. The van der Waals surface area contributed by atoms with Crippen LogP contribution in [0.5, 0.6) is 0 Å². The van der Waals surface area contributed by atoms with Gasteiger partial charge in [-0.3, -0.25) is 4.40 Å². The lowest BCUT2D eigenvalue weighted by Crippen LogP contribution is -1.94. The van der Waals surface area contributed by atoms with Gasteiger partial charge in [0.15, 0.2) is 0 Å². The van der Waals surface area contributed by atoms with Crippen LogP contribution in [0.1, 0.15) is 11.4 Å². The first-order chi connectivity index (χ1) is 7.66. The van der Waals surface area contributed by atoms with Crippen molar-refractivity contribution in [1.82, 2.24) is 14.4 Å². The van der Waals surface area contributed by atoms with Gasteiger partial charge in [0.05, 0.1) is 27.9 Å². The Kier molecular flexibility index (Phi) is 1.91. The maximum Gasteiger partial charge on any atom is 0.100 e. The Hall–Kier alpha value is -1.61. The number of fused-ring (bicyclic) bond motifs is 3. The lowest BCUT2D eigenvalue weighted by molar-refractivity contribution is 1.15. The van der Waals surface area contributed by atoms with Crippen molar-refractivity contribution in [3.63, 3.8) is 0 Å². The number of halogens is 1. The molecule has 0 aliphatic rings. The molecule has 0 atom stereocenters. The molecule has 0 amide bonds. The minimum atomic E-state index is 0.714. The fourth-order valence-electron chi connectivity index (χ4n) is 2.07. The van der Waals surface area contributed by atoms with Crippen molar-refractivity contribution in [3.8, 4) is 0 Å². The largest absolute Gasteiger partial charge is 0.295 e. The molecular formula is C12H10ClN3. The minimum absolute atomic E-state index is 0.714. The van der Waals surface area contributed by atoms with E-state index in [9.17, 15) is 0 Å². The van der Waals surface area contributed by atoms with Crippen LogP contribution in [-0.2, 0) is 0 Å². The molecule has 0 bridgehead atoms. The average molecular weight is 232 g/mol. The predicted molar refractivity (Wildman–Crippen MR) is 65.0 cm³/mol. The average Bonchev–Trinajstić information content (AvgIpc) is 2.63.